The molecule has 1 heterocycles. The molecule has 2 N–H and O–H groups in total. The van der Waals surface area contributed by atoms with E-state index in [0.29, 0.717) is 5.92 Å². The molecule has 0 amide bonds. The van der Waals surface area contributed by atoms with Crippen LogP contribution in [0, 0.1) is 0 Å². The number of methoxy groups -OCH3 is 1. The van der Waals surface area contributed by atoms with Crippen molar-refractivity contribution in [2.45, 2.75) is 18.3 Å². The number of nitrogens with two attached hydrogens (primary N) is 1. The summed E-state index contributed by atoms with van der Waals surface area (Å²) >= 11 is 0. The molecule has 2 aromatic carbocycles. The zero-order valence-corrected chi connectivity index (χ0v) is 16.0. The standard InChI is InChI=1S/C23H23N3O2/c1-26-22(27)14-21(25-23(26)24)20-13-19(20)17-7-3-5-15(11-17)9-10-16-6-4-8-18(12-16)28-2/h3-12,14,19-20H,13H2,1-2H3,(H2,24,25). The first-order valence-electron chi connectivity index (χ1n) is 9.30. The summed E-state index contributed by atoms with van der Waals surface area (Å²) < 4.78 is 6.64. The van der Waals surface area contributed by atoms with Crippen LogP contribution in [-0.2, 0) is 7.05 Å². The van der Waals surface area contributed by atoms with Crippen molar-refractivity contribution in [1.29, 1.82) is 0 Å². The number of rotatable bonds is 5. The Kier molecular flexibility index (Phi) is 4.74. The molecule has 1 aromatic heterocycles. The molecular weight excluding hydrogens is 350 g/mol. The summed E-state index contributed by atoms with van der Waals surface area (Å²) in [5, 5.41) is 0. The van der Waals surface area contributed by atoms with E-state index >= 15 is 0 Å². The lowest BCUT2D eigenvalue weighted by Crippen LogP contribution is -2.21. The molecular formula is C23H23N3O2. The smallest absolute Gasteiger partial charge is 0.254 e. The Morgan fingerprint density at radius 1 is 1.07 bits per heavy atom. The van der Waals surface area contributed by atoms with Gasteiger partial charge in [0.25, 0.3) is 5.56 Å². The van der Waals surface area contributed by atoms with Gasteiger partial charge in [0.2, 0.25) is 5.95 Å². The average Bonchev–Trinajstić information content (AvgIpc) is 3.51. The van der Waals surface area contributed by atoms with Crippen LogP contribution in [0.1, 0.15) is 40.6 Å². The third-order valence-electron chi connectivity index (χ3n) is 5.26. The highest BCUT2D eigenvalue weighted by Crippen LogP contribution is 2.54. The molecule has 28 heavy (non-hydrogen) atoms. The highest BCUT2D eigenvalue weighted by molar-refractivity contribution is 5.70. The van der Waals surface area contributed by atoms with Crippen molar-refractivity contribution >= 4 is 18.1 Å². The molecule has 0 aliphatic heterocycles. The van der Waals surface area contributed by atoms with Crippen molar-refractivity contribution in [3.05, 3.63) is 87.3 Å². The molecule has 2 atom stereocenters. The molecule has 1 saturated carbocycles. The van der Waals surface area contributed by atoms with Crippen molar-refractivity contribution in [2.24, 2.45) is 7.05 Å². The van der Waals surface area contributed by atoms with Gasteiger partial charge in [0.15, 0.2) is 0 Å². The molecule has 5 nitrogen and oxygen atoms in total. The second kappa shape index (κ2) is 7.35. The van der Waals surface area contributed by atoms with Gasteiger partial charge in [-0.1, -0.05) is 48.6 Å². The van der Waals surface area contributed by atoms with Gasteiger partial charge >= 0.3 is 0 Å². The first kappa shape index (κ1) is 18.0. The number of benzene rings is 2. The molecule has 4 rings (SSSR count). The number of nitrogens with zero attached hydrogens (tertiary/aromatic N) is 2. The third kappa shape index (κ3) is 3.69. The Balaban J connectivity index is 1.52. The van der Waals surface area contributed by atoms with E-state index in [2.05, 4.69) is 41.4 Å². The van der Waals surface area contributed by atoms with Crippen molar-refractivity contribution in [3.63, 3.8) is 0 Å². The van der Waals surface area contributed by atoms with Gasteiger partial charge in [0.1, 0.15) is 5.75 Å². The van der Waals surface area contributed by atoms with Crippen LogP contribution in [0.25, 0.3) is 12.2 Å². The SMILES string of the molecule is COc1cccc(C=Cc2cccc(C3CC3c3cc(=O)n(C)c(N)n3)c2)c1. The molecule has 5 heteroatoms. The Hall–Kier alpha value is -3.34. The number of hydrogen-bond donors (Lipinski definition) is 1. The Morgan fingerprint density at radius 3 is 2.50 bits per heavy atom. The molecule has 0 radical (unpaired) electrons. The average molecular weight is 373 g/mol. The van der Waals surface area contributed by atoms with Crippen molar-refractivity contribution in [1.82, 2.24) is 9.55 Å². The predicted molar refractivity (Wildman–Crippen MR) is 112 cm³/mol. The number of nitrogen functional groups attached to an aromatic ring is 1. The maximum Gasteiger partial charge on any atom is 0.254 e. The summed E-state index contributed by atoms with van der Waals surface area (Å²) in [4.78, 5) is 16.4. The van der Waals surface area contributed by atoms with Crippen LogP contribution in [0.5, 0.6) is 5.75 Å². The summed E-state index contributed by atoms with van der Waals surface area (Å²) in [6.45, 7) is 0. The summed E-state index contributed by atoms with van der Waals surface area (Å²) in [7, 11) is 3.31. The molecule has 142 valence electrons. The third-order valence-corrected chi connectivity index (χ3v) is 5.26. The fourth-order valence-corrected chi connectivity index (χ4v) is 3.49. The van der Waals surface area contributed by atoms with Crippen molar-refractivity contribution in [3.8, 4) is 5.75 Å². The zero-order valence-electron chi connectivity index (χ0n) is 16.0. The molecule has 0 bridgehead atoms. The summed E-state index contributed by atoms with van der Waals surface area (Å²) in [5.41, 5.74) is 10.0. The van der Waals surface area contributed by atoms with E-state index in [4.69, 9.17) is 10.5 Å². The van der Waals surface area contributed by atoms with Gasteiger partial charge in [-0.25, -0.2) is 4.98 Å². The normalized spacial score (nSPS) is 18.4. The number of hydrogen-bond acceptors (Lipinski definition) is 4. The number of aromatic nitrogens is 2. The van der Waals surface area contributed by atoms with Gasteiger partial charge in [-0.3, -0.25) is 9.36 Å². The second-order valence-electron chi connectivity index (χ2n) is 7.17. The quantitative estimate of drug-likeness (QED) is 0.691. The minimum atomic E-state index is -0.108. The lowest BCUT2D eigenvalue weighted by atomic mass is 10.0. The first-order valence-corrected chi connectivity index (χ1v) is 9.30. The van der Waals surface area contributed by atoms with Gasteiger partial charge in [-0.05, 0) is 41.2 Å². The van der Waals surface area contributed by atoms with Gasteiger partial charge < -0.3 is 10.5 Å². The molecule has 1 fully saturated rings. The molecule has 1 aliphatic carbocycles. The topological polar surface area (TPSA) is 70.1 Å². The zero-order chi connectivity index (χ0) is 19.7. The Labute approximate surface area is 164 Å². The van der Waals surface area contributed by atoms with Gasteiger partial charge in [-0.15, -0.1) is 0 Å². The molecule has 3 aromatic rings. The van der Waals surface area contributed by atoms with E-state index in [1.165, 1.54) is 10.1 Å². The monoisotopic (exact) mass is 373 g/mol. The number of anilines is 1. The van der Waals surface area contributed by atoms with Crippen molar-refractivity contribution in [2.75, 3.05) is 12.8 Å². The highest BCUT2D eigenvalue weighted by Gasteiger charge is 2.41. The summed E-state index contributed by atoms with van der Waals surface area (Å²) in [6, 6.07) is 18.1. The highest BCUT2D eigenvalue weighted by atomic mass is 16.5. The molecule has 2 unspecified atom stereocenters. The van der Waals surface area contributed by atoms with E-state index in [0.717, 1.165) is 29.0 Å². The largest absolute Gasteiger partial charge is 0.497 e. The Bertz CT molecular complexity index is 1100. The maximum atomic E-state index is 12.0. The summed E-state index contributed by atoms with van der Waals surface area (Å²) in [6.07, 6.45) is 5.17. The van der Waals surface area contributed by atoms with Crippen LogP contribution in [-0.4, -0.2) is 16.7 Å². The van der Waals surface area contributed by atoms with E-state index in [9.17, 15) is 4.79 Å². The molecule has 0 spiro atoms. The van der Waals surface area contributed by atoms with E-state index in [-0.39, 0.29) is 17.4 Å². The van der Waals surface area contributed by atoms with Gasteiger partial charge in [0, 0.05) is 19.0 Å². The minimum Gasteiger partial charge on any atom is -0.497 e. The number of ether oxygens (including phenoxy) is 1. The first-order chi connectivity index (χ1) is 13.5. The second-order valence-corrected chi connectivity index (χ2v) is 7.17. The van der Waals surface area contributed by atoms with Crippen LogP contribution >= 0.6 is 0 Å². The van der Waals surface area contributed by atoms with Gasteiger partial charge in [0.05, 0.1) is 12.8 Å². The predicted octanol–water partition coefficient (Wildman–Crippen LogP) is 3.81. The van der Waals surface area contributed by atoms with E-state index in [1.54, 1.807) is 20.2 Å². The van der Waals surface area contributed by atoms with Crippen LogP contribution < -0.4 is 16.0 Å². The lowest BCUT2D eigenvalue weighted by Gasteiger charge is -2.06. The maximum absolute atomic E-state index is 12.0. The van der Waals surface area contributed by atoms with E-state index < -0.39 is 0 Å². The lowest BCUT2D eigenvalue weighted by molar-refractivity contribution is 0.414. The summed E-state index contributed by atoms with van der Waals surface area (Å²) in [5.74, 6) is 1.75. The molecule has 0 saturated heterocycles. The minimum absolute atomic E-state index is 0.108. The Morgan fingerprint density at radius 2 is 1.79 bits per heavy atom. The van der Waals surface area contributed by atoms with Gasteiger partial charge in [-0.2, -0.15) is 0 Å². The van der Waals surface area contributed by atoms with Crippen LogP contribution in [0.3, 0.4) is 0 Å². The van der Waals surface area contributed by atoms with Crippen molar-refractivity contribution < 1.29 is 4.74 Å². The van der Waals surface area contributed by atoms with Crippen LogP contribution in [0.2, 0.25) is 0 Å². The molecule has 1 aliphatic rings. The van der Waals surface area contributed by atoms with Crippen LogP contribution in [0.4, 0.5) is 5.95 Å². The van der Waals surface area contributed by atoms with Crippen LogP contribution in [0.15, 0.2) is 59.4 Å². The fourth-order valence-electron chi connectivity index (χ4n) is 3.49. The van der Waals surface area contributed by atoms with E-state index in [1.807, 2.05) is 24.3 Å². The fraction of sp³-hybridized carbons (Fsp3) is 0.217.